The van der Waals surface area contributed by atoms with Crippen LogP contribution in [0.15, 0.2) is 71.8 Å². The van der Waals surface area contributed by atoms with E-state index in [1.807, 2.05) is 42.5 Å². The second-order valence-electron chi connectivity index (χ2n) is 5.47. The summed E-state index contributed by atoms with van der Waals surface area (Å²) < 4.78 is 38.2. The normalized spacial score (nSPS) is 11.7. The van der Waals surface area contributed by atoms with Crippen LogP contribution in [0.1, 0.15) is 11.1 Å². The molecule has 3 aromatic rings. The maximum Gasteiger partial charge on any atom is 0.416 e. The minimum atomic E-state index is -4.40. The summed E-state index contributed by atoms with van der Waals surface area (Å²) >= 11 is 5.07. The van der Waals surface area contributed by atoms with Crippen molar-refractivity contribution in [1.82, 2.24) is 5.43 Å². The lowest BCUT2D eigenvalue weighted by Gasteiger charge is -2.10. The maximum absolute atomic E-state index is 12.7. The third kappa shape index (κ3) is 4.37. The molecule has 0 heterocycles. The fraction of sp³-hybridized carbons (Fsp3) is 0.0526. The monoisotopic (exact) mass is 373 g/mol. The highest BCUT2D eigenvalue weighted by Crippen LogP contribution is 2.30. The number of anilines is 1. The van der Waals surface area contributed by atoms with Crippen molar-refractivity contribution in [2.75, 3.05) is 5.32 Å². The zero-order chi connectivity index (χ0) is 18.6. The molecule has 0 saturated heterocycles. The molecule has 3 aromatic carbocycles. The molecule has 0 saturated carbocycles. The highest BCUT2D eigenvalue weighted by Gasteiger charge is 2.30. The quantitative estimate of drug-likeness (QED) is 0.377. The molecule has 0 aliphatic heterocycles. The number of hydrogen-bond acceptors (Lipinski definition) is 2. The lowest BCUT2D eigenvalue weighted by Crippen LogP contribution is -2.24. The van der Waals surface area contributed by atoms with Gasteiger partial charge in [-0.25, -0.2) is 0 Å². The van der Waals surface area contributed by atoms with E-state index in [0.29, 0.717) is 0 Å². The Bertz CT molecular complexity index is 962. The van der Waals surface area contributed by atoms with Gasteiger partial charge in [-0.15, -0.1) is 0 Å². The van der Waals surface area contributed by atoms with Gasteiger partial charge in [0.1, 0.15) is 0 Å². The van der Waals surface area contributed by atoms with E-state index in [9.17, 15) is 13.2 Å². The van der Waals surface area contributed by atoms with Gasteiger partial charge in [-0.1, -0.05) is 48.5 Å². The number of thiocarbonyl (C=S) groups is 1. The Morgan fingerprint density at radius 1 is 0.962 bits per heavy atom. The first-order valence-electron chi connectivity index (χ1n) is 7.68. The van der Waals surface area contributed by atoms with Crippen LogP contribution in [-0.4, -0.2) is 11.3 Å². The number of nitrogens with zero attached hydrogens (tertiary/aromatic N) is 1. The molecular formula is C19H14F3N3S. The van der Waals surface area contributed by atoms with Crippen molar-refractivity contribution in [1.29, 1.82) is 0 Å². The average molecular weight is 373 g/mol. The van der Waals surface area contributed by atoms with Crippen molar-refractivity contribution >= 4 is 40.0 Å². The fourth-order valence-electron chi connectivity index (χ4n) is 2.46. The second-order valence-corrected chi connectivity index (χ2v) is 5.88. The summed E-state index contributed by atoms with van der Waals surface area (Å²) in [6.45, 7) is 0. The molecule has 2 N–H and O–H groups in total. The Labute approximate surface area is 153 Å². The van der Waals surface area contributed by atoms with Gasteiger partial charge in [0.25, 0.3) is 0 Å². The summed E-state index contributed by atoms with van der Waals surface area (Å²) in [6.07, 6.45) is -2.79. The Morgan fingerprint density at radius 3 is 2.50 bits per heavy atom. The average Bonchev–Trinajstić information content (AvgIpc) is 2.61. The number of hydrazone groups is 1. The van der Waals surface area contributed by atoms with Crippen LogP contribution in [0, 0.1) is 0 Å². The van der Waals surface area contributed by atoms with Crippen molar-refractivity contribution in [2.45, 2.75) is 6.18 Å². The highest BCUT2D eigenvalue weighted by atomic mass is 32.1. The number of fused-ring (bicyclic) bond motifs is 1. The van der Waals surface area contributed by atoms with Gasteiger partial charge in [-0.2, -0.15) is 18.3 Å². The molecule has 0 spiro atoms. The summed E-state index contributed by atoms with van der Waals surface area (Å²) in [7, 11) is 0. The summed E-state index contributed by atoms with van der Waals surface area (Å²) in [5.74, 6) is 0. The SMILES string of the molecule is FC(F)(F)c1cccc(NC(=S)N/N=C\c2cccc3ccccc23)c1. The first-order valence-corrected chi connectivity index (χ1v) is 8.09. The van der Waals surface area contributed by atoms with Crippen molar-refractivity contribution in [3.63, 3.8) is 0 Å². The van der Waals surface area contributed by atoms with Gasteiger partial charge in [0.2, 0.25) is 0 Å². The van der Waals surface area contributed by atoms with Crippen molar-refractivity contribution in [2.24, 2.45) is 5.10 Å². The molecule has 3 nitrogen and oxygen atoms in total. The molecule has 0 unspecified atom stereocenters. The Kier molecular flexibility index (Phi) is 5.18. The molecule has 132 valence electrons. The predicted molar refractivity (Wildman–Crippen MR) is 102 cm³/mol. The van der Waals surface area contributed by atoms with Gasteiger partial charge < -0.3 is 5.32 Å². The third-order valence-corrected chi connectivity index (χ3v) is 3.83. The lowest BCUT2D eigenvalue weighted by molar-refractivity contribution is -0.137. The van der Waals surface area contributed by atoms with E-state index in [4.69, 9.17) is 12.2 Å². The largest absolute Gasteiger partial charge is 0.416 e. The third-order valence-electron chi connectivity index (χ3n) is 3.64. The molecule has 0 aromatic heterocycles. The predicted octanol–water partition coefficient (Wildman–Crippen LogP) is 5.18. The van der Waals surface area contributed by atoms with E-state index in [0.717, 1.165) is 28.5 Å². The molecule has 0 radical (unpaired) electrons. The van der Waals surface area contributed by atoms with Crippen LogP contribution >= 0.6 is 12.2 Å². The van der Waals surface area contributed by atoms with E-state index in [1.165, 1.54) is 12.1 Å². The summed E-state index contributed by atoms with van der Waals surface area (Å²) in [6, 6.07) is 18.5. The minimum Gasteiger partial charge on any atom is -0.331 e. The lowest BCUT2D eigenvalue weighted by atomic mass is 10.1. The summed E-state index contributed by atoms with van der Waals surface area (Å²) in [4.78, 5) is 0. The van der Waals surface area contributed by atoms with Gasteiger partial charge in [0.15, 0.2) is 5.11 Å². The number of alkyl halides is 3. The van der Waals surface area contributed by atoms with Gasteiger partial charge in [-0.3, -0.25) is 5.43 Å². The maximum atomic E-state index is 12.7. The smallest absolute Gasteiger partial charge is 0.331 e. The molecule has 0 atom stereocenters. The zero-order valence-corrected chi connectivity index (χ0v) is 14.2. The van der Waals surface area contributed by atoms with E-state index < -0.39 is 11.7 Å². The van der Waals surface area contributed by atoms with Crippen LogP contribution in [0.25, 0.3) is 10.8 Å². The van der Waals surface area contributed by atoms with Crippen LogP contribution in [-0.2, 0) is 6.18 Å². The Morgan fingerprint density at radius 2 is 1.69 bits per heavy atom. The van der Waals surface area contributed by atoms with Crippen LogP contribution in [0.5, 0.6) is 0 Å². The first-order chi connectivity index (χ1) is 12.4. The van der Waals surface area contributed by atoms with Gasteiger partial charge >= 0.3 is 6.18 Å². The van der Waals surface area contributed by atoms with Crippen LogP contribution in [0.2, 0.25) is 0 Å². The second kappa shape index (κ2) is 7.53. The molecule has 0 aliphatic rings. The topological polar surface area (TPSA) is 36.4 Å². The van der Waals surface area contributed by atoms with Crippen molar-refractivity contribution < 1.29 is 13.2 Å². The van der Waals surface area contributed by atoms with Gasteiger partial charge in [0, 0.05) is 11.3 Å². The minimum absolute atomic E-state index is 0.0980. The highest BCUT2D eigenvalue weighted by molar-refractivity contribution is 7.80. The van der Waals surface area contributed by atoms with Crippen LogP contribution < -0.4 is 10.7 Å². The number of benzene rings is 3. The molecule has 3 rings (SSSR count). The van der Waals surface area contributed by atoms with Crippen molar-refractivity contribution in [3.8, 4) is 0 Å². The van der Waals surface area contributed by atoms with E-state index in [-0.39, 0.29) is 10.8 Å². The molecule has 0 fully saturated rings. The zero-order valence-electron chi connectivity index (χ0n) is 13.4. The Balaban J connectivity index is 1.66. The number of hydrogen-bond donors (Lipinski definition) is 2. The van der Waals surface area contributed by atoms with Crippen LogP contribution in [0.4, 0.5) is 18.9 Å². The molecule has 0 aliphatic carbocycles. The van der Waals surface area contributed by atoms with Gasteiger partial charge in [0.05, 0.1) is 11.8 Å². The first kappa shape index (κ1) is 17.9. The molecule has 26 heavy (non-hydrogen) atoms. The van der Waals surface area contributed by atoms with E-state index in [2.05, 4.69) is 15.8 Å². The summed E-state index contributed by atoms with van der Waals surface area (Å²) in [5, 5.41) is 8.96. The number of rotatable bonds is 3. The van der Waals surface area contributed by atoms with Crippen LogP contribution in [0.3, 0.4) is 0 Å². The molecule has 0 bridgehead atoms. The number of halogens is 3. The standard InChI is InChI=1S/C19H14F3N3S/c20-19(21,22)15-8-4-9-16(11-15)24-18(26)25-23-12-14-7-3-6-13-5-1-2-10-17(13)14/h1-12H,(H2,24,25,26)/b23-12-. The fourth-order valence-corrected chi connectivity index (χ4v) is 2.63. The van der Waals surface area contributed by atoms with Crippen molar-refractivity contribution in [3.05, 3.63) is 77.9 Å². The van der Waals surface area contributed by atoms with E-state index in [1.54, 1.807) is 6.21 Å². The molecule has 7 heteroatoms. The molecule has 0 amide bonds. The molecular weight excluding hydrogens is 359 g/mol. The van der Waals surface area contributed by atoms with Gasteiger partial charge in [-0.05, 0) is 41.2 Å². The van der Waals surface area contributed by atoms with E-state index >= 15 is 0 Å². The number of nitrogens with one attached hydrogen (secondary N) is 2. The Hall–Kier alpha value is -2.93. The summed E-state index contributed by atoms with van der Waals surface area (Å²) in [5.41, 5.74) is 3.00.